The van der Waals surface area contributed by atoms with Crippen molar-refractivity contribution in [3.8, 4) is 0 Å². The Morgan fingerprint density at radius 1 is 1.24 bits per heavy atom. The number of aryl methyl sites for hydroxylation is 2. The number of nitrogens with one attached hydrogen (secondary N) is 1. The van der Waals surface area contributed by atoms with Gasteiger partial charge in [0.25, 0.3) is 0 Å². The molecule has 1 atom stereocenters. The van der Waals surface area contributed by atoms with E-state index in [2.05, 4.69) is 59.2 Å². The number of hydrogen-bond acceptors (Lipinski definition) is 4. The lowest BCUT2D eigenvalue weighted by Gasteiger charge is -2.10. The van der Waals surface area contributed by atoms with Gasteiger partial charge in [-0.15, -0.1) is 10.2 Å². The van der Waals surface area contributed by atoms with Gasteiger partial charge in [-0.1, -0.05) is 41.1 Å². The number of nitrogens with zero attached hydrogens (tertiary/aromatic N) is 3. The van der Waals surface area contributed by atoms with E-state index >= 15 is 0 Å². The van der Waals surface area contributed by atoms with Gasteiger partial charge in [-0.2, -0.15) is 0 Å². The van der Waals surface area contributed by atoms with Gasteiger partial charge in [-0.3, -0.25) is 0 Å². The van der Waals surface area contributed by atoms with Crippen molar-refractivity contribution in [2.75, 3.05) is 6.54 Å². The molecule has 1 N–H and O–H groups in total. The van der Waals surface area contributed by atoms with Crippen LogP contribution in [0, 0.1) is 13.8 Å². The Hall–Kier alpha value is -1.33. The fourth-order valence-electron chi connectivity index (χ4n) is 2.96. The summed E-state index contributed by atoms with van der Waals surface area (Å²) >= 11 is 1.76. The average molecular weight is 302 g/mol. The van der Waals surface area contributed by atoms with Gasteiger partial charge in [-0.25, -0.2) is 0 Å². The van der Waals surface area contributed by atoms with E-state index in [0.29, 0.717) is 6.04 Å². The van der Waals surface area contributed by atoms with E-state index in [0.717, 1.165) is 29.7 Å². The first-order chi connectivity index (χ1) is 10.1. The van der Waals surface area contributed by atoms with Crippen molar-refractivity contribution in [3.63, 3.8) is 0 Å². The Morgan fingerprint density at radius 3 is 2.67 bits per heavy atom. The summed E-state index contributed by atoms with van der Waals surface area (Å²) in [4.78, 5) is 0. The van der Waals surface area contributed by atoms with Crippen molar-refractivity contribution in [2.45, 2.75) is 43.6 Å². The third-order valence-electron chi connectivity index (χ3n) is 3.89. The smallest absolute Gasteiger partial charge is 0.191 e. The van der Waals surface area contributed by atoms with E-state index in [9.17, 15) is 0 Å². The second kappa shape index (κ2) is 6.20. The summed E-state index contributed by atoms with van der Waals surface area (Å²) < 4.78 is 2.14. The zero-order valence-electron chi connectivity index (χ0n) is 12.9. The Kier molecular flexibility index (Phi) is 4.31. The molecule has 5 heteroatoms. The van der Waals surface area contributed by atoms with E-state index in [1.165, 1.54) is 23.1 Å². The second-order valence-electron chi connectivity index (χ2n) is 5.83. The lowest BCUT2D eigenvalue weighted by atomic mass is 10.1. The minimum absolute atomic E-state index is 0.373. The van der Waals surface area contributed by atoms with Gasteiger partial charge in [0.15, 0.2) is 11.0 Å². The molecule has 1 aromatic carbocycles. The topological polar surface area (TPSA) is 42.7 Å². The van der Waals surface area contributed by atoms with Crippen molar-refractivity contribution in [1.29, 1.82) is 0 Å². The Balaban J connectivity index is 1.70. The van der Waals surface area contributed by atoms with Gasteiger partial charge in [0.05, 0.1) is 6.04 Å². The minimum atomic E-state index is 0.373. The van der Waals surface area contributed by atoms with E-state index in [-0.39, 0.29) is 0 Å². The molecule has 1 aliphatic heterocycles. The predicted octanol–water partition coefficient (Wildman–Crippen LogP) is 3.15. The highest BCUT2D eigenvalue weighted by Crippen LogP contribution is 2.26. The summed E-state index contributed by atoms with van der Waals surface area (Å²) in [6.07, 6.45) is 2.39. The van der Waals surface area contributed by atoms with Crippen LogP contribution in [0.1, 0.15) is 41.4 Å². The first-order valence-corrected chi connectivity index (χ1v) is 8.44. The molecule has 2 heterocycles. The number of aromatic nitrogens is 3. The summed E-state index contributed by atoms with van der Waals surface area (Å²) in [6, 6.07) is 7.07. The molecular formula is C16H22N4S. The SMILES string of the molecule is Cc1cc(C)cc(CSc2nnc(C3CCCN3)n2C)c1. The van der Waals surface area contributed by atoms with Crippen LogP contribution in [0.4, 0.5) is 0 Å². The maximum Gasteiger partial charge on any atom is 0.191 e. The lowest BCUT2D eigenvalue weighted by molar-refractivity contribution is 0.569. The lowest BCUT2D eigenvalue weighted by Crippen LogP contribution is -2.17. The zero-order valence-corrected chi connectivity index (χ0v) is 13.7. The molecule has 0 radical (unpaired) electrons. The third kappa shape index (κ3) is 3.30. The highest BCUT2D eigenvalue weighted by Gasteiger charge is 2.22. The molecule has 112 valence electrons. The monoisotopic (exact) mass is 302 g/mol. The molecule has 1 unspecified atom stereocenters. The molecule has 1 saturated heterocycles. The molecule has 4 nitrogen and oxygen atoms in total. The third-order valence-corrected chi connectivity index (χ3v) is 4.98. The molecule has 0 bridgehead atoms. The second-order valence-corrected chi connectivity index (χ2v) is 6.78. The minimum Gasteiger partial charge on any atom is -0.308 e. The highest BCUT2D eigenvalue weighted by molar-refractivity contribution is 7.98. The van der Waals surface area contributed by atoms with Gasteiger partial charge in [0.1, 0.15) is 0 Å². The summed E-state index contributed by atoms with van der Waals surface area (Å²) in [6.45, 7) is 5.38. The summed E-state index contributed by atoms with van der Waals surface area (Å²) in [5.74, 6) is 2.00. The van der Waals surface area contributed by atoms with Crippen LogP contribution in [0.5, 0.6) is 0 Å². The maximum atomic E-state index is 4.37. The normalized spacial score (nSPS) is 18.3. The standard InChI is InChI=1S/C16H22N4S/c1-11-7-12(2)9-13(8-11)10-21-16-19-18-15(20(16)3)14-5-4-6-17-14/h7-9,14,17H,4-6,10H2,1-3H3. The van der Waals surface area contributed by atoms with Gasteiger partial charge in [0.2, 0.25) is 0 Å². The van der Waals surface area contributed by atoms with Crippen LogP contribution < -0.4 is 5.32 Å². The Bertz CT molecular complexity index is 609. The molecular weight excluding hydrogens is 280 g/mol. The molecule has 0 spiro atoms. The van der Waals surface area contributed by atoms with Crippen LogP contribution >= 0.6 is 11.8 Å². The van der Waals surface area contributed by atoms with E-state index in [1.807, 2.05) is 0 Å². The number of hydrogen-bond donors (Lipinski definition) is 1. The summed E-state index contributed by atoms with van der Waals surface area (Å²) in [7, 11) is 2.07. The van der Waals surface area contributed by atoms with Gasteiger partial charge >= 0.3 is 0 Å². The maximum absolute atomic E-state index is 4.37. The van der Waals surface area contributed by atoms with Crippen molar-refractivity contribution >= 4 is 11.8 Å². The summed E-state index contributed by atoms with van der Waals surface area (Å²) in [5.41, 5.74) is 3.99. The van der Waals surface area contributed by atoms with Crippen LogP contribution in [0.15, 0.2) is 23.4 Å². The Morgan fingerprint density at radius 2 is 2.00 bits per heavy atom. The van der Waals surface area contributed by atoms with E-state index in [4.69, 9.17) is 0 Å². The average Bonchev–Trinajstić information content (AvgIpc) is 3.05. The van der Waals surface area contributed by atoms with Crippen LogP contribution in [0.2, 0.25) is 0 Å². The fraction of sp³-hybridized carbons (Fsp3) is 0.500. The first-order valence-electron chi connectivity index (χ1n) is 7.46. The number of benzene rings is 1. The molecule has 0 amide bonds. The van der Waals surface area contributed by atoms with Crippen molar-refractivity contribution < 1.29 is 0 Å². The van der Waals surface area contributed by atoms with Gasteiger partial charge in [0, 0.05) is 12.8 Å². The molecule has 1 aliphatic rings. The first kappa shape index (κ1) is 14.6. The largest absolute Gasteiger partial charge is 0.308 e. The zero-order chi connectivity index (χ0) is 14.8. The molecule has 1 fully saturated rings. The fourth-order valence-corrected chi connectivity index (χ4v) is 3.81. The van der Waals surface area contributed by atoms with Gasteiger partial charge in [-0.05, 0) is 38.8 Å². The predicted molar refractivity (Wildman–Crippen MR) is 86.5 cm³/mol. The highest BCUT2D eigenvalue weighted by atomic mass is 32.2. The molecule has 0 aliphatic carbocycles. The van der Waals surface area contributed by atoms with E-state index in [1.54, 1.807) is 11.8 Å². The van der Waals surface area contributed by atoms with Crippen LogP contribution in [-0.2, 0) is 12.8 Å². The van der Waals surface area contributed by atoms with E-state index < -0.39 is 0 Å². The van der Waals surface area contributed by atoms with Crippen molar-refractivity contribution in [1.82, 2.24) is 20.1 Å². The summed E-state index contributed by atoms with van der Waals surface area (Å²) in [5, 5.41) is 13.2. The van der Waals surface area contributed by atoms with Crippen LogP contribution in [0.25, 0.3) is 0 Å². The Labute approximate surface area is 130 Å². The number of thioether (sulfide) groups is 1. The van der Waals surface area contributed by atoms with Gasteiger partial charge < -0.3 is 9.88 Å². The molecule has 3 rings (SSSR count). The van der Waals surface area contributed by atoms with Crippen LogP contribution in [0.3, 0.4) is 0 Å². The van der Waals surface area contributed by atoms with Crippen molar-refractivity contribution in [3.05, 3.63) is 40.7 Å². The van der Waals surface area contributed by atoms with Crippen LogP contribution in [-0.4, -0.2) is 21.3 Å². The molecule has 0 saturated carbocycles. The quantitative estimate of drug-likeness (QED) is 0.881. The molecule has 21 heavy (non-hydrogen) atoms. The number of rotatable bonds is 4. The molecule has 1 aromatic heterocycles. The van der Waals surface area contributed by atoms with Crippen molar-refractivity contribution in [2.24, 2.45) is 7.05 Å². The molecule has 2 aromatic rings.